The number of esters is 1. The number of nitrogens with one attached hydrogen (secondary N) is 1. The van der Waals surface area contributed by atoms with Gasteiger partial charge in [-0.2, -0.15) is 0 Å². The van der Waals surface area contributed by atoms with Gasteiger partial charge in [-0.15, -0.1) is 0 Å². The molecule has 2 atom stereocenters. The number of carbonyl (C=O) groups is 3. The van der Waals surface area contributed by atoms with Gasteiger partial charge in [-0.05, 0) is 19.3 Å². The largest absolute Gasteiger partial charge is 0.481 e. The molecule has 0 aromatic rings. The summed E-state index contributed by atoms with van der Waals surface area (Å²) in [4.78, 5) is 33.5. The van der Waals surface area contributed by atoms with Crippen molar-refractivity contribution in [2.45, 2.75) is 71.8 Å². The Kier molecular flexibility index (Phi) is 11.1. The normalized spacial score (nSPS) is 13.2. The maximum absolute atomic E-state index is 11.8. The maximum atomic E-state index is 11.8. The molecule has 128 valence electrons. The highest BCUT2D eigenvalue weighted by molar-refractivity contribution is 5.78. The number of carboxylic acid groups (broad SMARTS) is 1. The van der Waals surface area contributed by atoms with Crippen molar-refractivity contribution >= 4 is 17.8 Å². The highest BCUT2D eigenvalue weighted by atomic mass is 16.5. The van der Waals surface area contributed by atoms with Crippen molar-refractivity contribution in [3.63, 3.8) is 0 Å². The van der Waals surface area contributed by atoms with Crippen LogP contribution < -0.4 is 5.32 Å². The third-order valence-corrected chi connectivity index (χ3v) is 3.48. The van der Waals surface area contributed by atoms with Crippen molar-refractivity contribution in [1.29, 1.82) is 0 Å². The molecule has 0 spiro atoms. The van der Waals surface area contributed by atoms with Crippen LogP contribution in [-0.4, -0.2) is 35.6 Å². The zero-order valence-electron chi connectivity index (χ0n) is 13.9. The lowest BCUT2D eigenvalue weighted by Gasteiger charge is -2.17. The molecule has 0 aliphatic heterocycles. The predicted octanol–water partition coefficient (Wildman–Crippen LogP) is 2.51. The molecule has 0 bridgehead atoms. The number of carboxylic acids is 1. The molecule has 22 heavy (non-hydrogen) atoms. The number of carbonyl (C=O) groups excluding carboxylic acids is 2. The standard InChI is InChI=1S/C16H29NO5/c1-4-6-7-13(5-2)11-17-14(18)10-12(3)22-16(21)9-8-15(19)20/h12-13H,4-11H2,1-3H3,(H,17,18)(H,19,20)/t12-,13+/m1/s1. The van der Waals surface area contributed by atoms with Gasteiger partial charge in [-0.1, -0.05) is 33.1 Å². The molecule has 0 aromatic carbocycles. The van der Waals surface area contributed by atoms with Crippen LogP contribution in [0.2, 0.25) is 0 Å². The van der Waals surface area contributed by atoms with Gasteiger partial charge in [0, 0.05) is 6.54 Å². The number of rotatable bonds is 12. The van der Waals surface area contributed by atoms with Crippen molar-refractivity contribution < 1.29 is 24.2 Å². The second-order valence-electron chi connectivity index (χ2n) is 5.62. The summed E-state index contributed by atoms with van der Waals surface area (Å²) in [7, 11) is 0. The van der Waals surface area contributed by atoms with Gasteiger partial charge in [0.05, 0.1) is 19.3 Å². The first-order chi connectivity index (χ1) is 10.4. The van der Waals surface area contributed by atoms with Gasteiger partial charge in [0.1, 0.15) is 6.10 Å². The molecule has 0 heterocycles. The van der Waals surface area contributed by atoms with Crippen LogP contribution in [0.5, 0.6) is 0 Å². The quantitative estimate of drug-likeness (QED) is 0.540. The Labute approximate surface area is 132 Å². The molecule has 6 nitrogen and oxygen atoms in total. The Hall–Kier alpha value is -1.59. The van der Waals surface area contributed by atoms with Crippen LogP contribution >= 0.6 is 0 Å². The Morgan fingerprint density at radius 3 is 2.41 bits per heavy atom. The summed E-state index contributed by atoms with van der Waals surface area (Å²) in [5, 5.41) is 11.3. The first-order valence-electron chi connectivity index (χ1n) is 8.06. The van der Waals surface area contributed by atoms with Gasteiger partial charge >= 0.3 is 11.9 Å². The van der Waals surface area contributed by atoms with Gasteiger partial charge < -0.3 is 15.2 Å². The van der Waals surface area contributed by atoms with Crippen LogP contribution in [0.15, 0.2) is 0 Å². The lowest BCUT2D eigenvalue weighted by molar-refractivity contribution is -0.152. The summed E-state index contributed by atoms with van der Waals surface area (Å²) < 4.78 is 5.01. The van der Waals surface area contributed by atoms with E-state index >= 15 is 0 Å². The van der Waals surface area contributed by atoms with Crippen LogP contribution in [0.4, 0.5) is 0 Å². The molecule has 0 rings (SSSR count). The fraction of sp³-hybridized carbons (Fsp3) is 0.812. The van der Waals surface area contributed by atoms with E-state index in [1.54, 1.807) is 6.92 Å². The van der Waals surface area contributed by atoms with E-state index in [1.165, 1.54) is 0 Å². The highest BCUT2D eigenvalue weighted by Crippen LogP contribution is 2.11. The number of unbranched alkanes of at least 4 members (excludes halogenated alkanes) is 1. The molecule has 1 amide bonds. The zero-order chi connectivity index (χ0) is 17.0. The molecule has 0 radical (unpaired) electrons. The molecule has 0 aromatic heterocycles. The second kappa shape index (κ2) is 12.0. The van der Waals surface area contributed by atoms with E-state index in [0.29, 0.717) is 12.5 Å². The minimum atomic E-state index is -1.04. The monoisotopic (exact) mass is 315 g/mol. The highest BCUT2D eigenvalue weighted by Gasteiger charge is 2.15. The van der Waals surface area contributed by atoms with Crippen LogP contribution in [0, 0.1) is 5.92 Å². The van der Waals surface area contributed by atoms with E-state index in [4.69, 9.17) is 9.84 Å². The van der Waals surface area contributed by atoms with Gasteiger partial charge in [0.25, 0.3) is 0 Å². The summed E-state index contributed by atoms with van der Waals surface area (Å²) in [6, 6.07) is 0. The molecule has 0 saturated heterocycles. The minimum absolute atomic E-state index is 0.100. The van der Waals surface area contributed by atoms with E-state index in [-0.39, 0.29) is 25.2 Å². The van der Waals surface area contributed by atoms with Crippen LogP contribution in [0.3, 0.4) is 0 Å². The number of hydrogen-bond donors (Lipinski definition) is 2. The van der Waals surface area contributed by atoms with E-state index < -0.39 is 18.0 Å². The van der Waals surface area contributed by atoms with Crippen molar-refractivity contribution in [1.82, 2.24) is 5.32 Å². The number of amides is 1. The first-order valence-corrected chi connectivity index (χ1v) is 8.06. The average Bonchev–Trinajstić information content (AvgIpc) is 2.45. The lowest BCUT2D eigenvalue weighted by Crippen LogP contribution is -2.32. The number of ether oxygens (including phenoxy) is 1. The summed E-state index contributed by atoms with van der Waals surface area (Å²) in [5.41, 5.74) is 0. The van der Waals surface area contributed by atoms with Crippen LogP contribution in [0.1, 0.15) is 65.7 Å². The van der Waals surface area contributed by atoms with Crippen molar-refractivity contribution in [2.75, 3.05) is 6.54 Å². The van der Waals surface area contributed by atoms with Gasteiger partial charge in [0.2, 0.25) is 5.91 Å². The van der Waals surface area contributed by atoms with Crippen LogP contribution in [-0.2, 0) is 19.1 Å². The minimum Gasteiger partial charge on any atom is -0.481 e. The SMILES string of the molecule is CCCC[C@H](CC)CNC(=O)C[C@@H](C)OC(=O)CCC(=O)O. The molecule has 0 aliphatic carbocycles. The van der Waals surface area contributed by atoms with E-state index in [2.05, 4.69) is 19.2 Å². The zero-order valence-corrected chi connectivity index (χ0v) is 13.9. The predicted molar refractivity (Wildman–Crippen MR) is 83.4 cm³/mol. The summed E-state index contributed by atoms with van der Waals surface area (Å²) in [6.45, 7) is 6.53. The third-order valence-electron chi connectivity index (χ3n) is 3.48. The molecule has 0 saturated carbocycles. The molecule has 2 N–H and O–H groups in total. The Morgan fingerprint density at radius 2 is 1.86 bits per heavy atom. The van der Waals surface area contributed by atoms with Crippen LogP contribution in [0.25, 0.3) is 0 Å². The fourth-order valence-electron chi connectivity index (χ4n) is 2.07. The third kappa shape index (κ3) is 11.1. The average molecular weight is 315 g/mol. The number of hydrogen-bond acceptors (Lipinski definition) is 4. The smallest absolute Gasteiger partial charge is 0.306 e. The Morgan fingerprint density at radius 1 is 1.18 bits per heavy atom. The van der Waals surface area contributed by atoms with E-state index in [1.807, 2.05) is 0 Å². The molecule has 0 aliphatic rings. The maximum Gasteiger partial charge on any atom is 0.306 e. The lowest BCUT2D eigenvalue weighted by atomic mass is 9.99. The van der Waals surface area contributed by atoms with Gasteiger partial charge in [-0.3, -0.25) is 14.4 Å². The summed E-state index contributed by atoms with van der Waals surface area (Å²) in [6.07, 6.45) is 3.57. The van der Waals surface area contributed by atoms with Crippen molar-refractivity contribution in [2.24, 2.45) is 5.92 Å². The molecular weight excluding hydrogens is 286 g/mol. The molecule has 0 unspecified atom stereocenters. The summed E-state index contributed by atoms with van der Waals surface area (Å²) in [5.74, 6) is -1.29. The van der Waals surface area contributed by atoms with Gasteiger partial charge in [0.15, 0.2) is 0 Å². The van der Waals surface area contributed by atoms with E-state index in [0.717, 1.165) is 25.7 Å². The van der Waals surface area contributed by atoms with Crippen molar-refractivity contribution in [3.8, 4) is 0 Å². The van der Waals surface area contributed by atoms with Gasteiger partial charge in [-0.25, -0.2) is 0 Å². The Bertz CT molecular complexity index is 356. The first kappa shape index (κ1) is 20.4. The molecular formula is C16H29NO5. The molecule has 0 fully saturated rings. The second-order valence-corrected chi connectivity index (χ2v) is 5.62. The Balaban J connectivity index is 3.94. The fourth-order valence-corrected chi connectivity index (χ4v) is 2.07. The number of aliphatic carboxylic acids is 1. The topological polar surface area (TPSA) is 92.7 Å². The molecule has 6 heteroatoms. The van der Waals surface area contributed by atoms with Crippen molar-refractivity contribution in [3.05, 3.63) is 0 Å². The summed E-state index contributed by atoms with van der Waals surface area (Å²) >= 11 is 0. The van der Waals surface area contributed by atoms with E-state index in [9.17, 15) is 14.4 Å².